The Balaban J connectivity index is 1.87. The zero-order valence-electron chi connectivity index (χ0n) is 15.5. The van der Waals surface area contributed by atoms with Gasteiger partial charge in [0.15, 0.2) is 0 Å². The van der Waals surface area contributed by atoms with Gasteiger partial charge in [0.05, 0.1) is 12.2 Å². The number of thiophene rings is 1. The predicted octanol–water partition coefficient (Wildman–Crippen LogP) is 4.55. The van der Waals surface area contributed by atoms with Gasteiger partial charge in [0.1, 0.15) is 0 Å². The lowest BCUT2D eigenvalue weighted by atomic mass is 9.89. The third kappa shape index (κ3) is 3.24. The molecule has 1 aromatic carbocycles. The number of carbonyl (C=O) groups excluding carboxylic acids is 1. The first-order chi connectivity index (χ1) is 12.7. The topological polar surface area (TPSA) is 29.5 Å². The Morgan fingerprint density at radius 2 is 1.88 bits per heavy atom. The summed E-state index contributed by atoms with van der Waals surface area (Å²) in [5.41, 5.74) is 7.64. The van der Waals surface area contributed by atoms with Crippen molar-refractivity contribution in [2.24, 2.45) is 0 Å². The molecule has 0 amide bonds. The van der Waals surface area contributed by atoms with E-state index in [1.54, 1.807) is 0 Å². The first-order valence-electron chi connectivity index (χ1n) is 9.45. The SMILES string of the molecule is CCOC(=O)c1ccc2c(c1)C(=C1CCN(C)CC1)c1sccc1CC2. The highest BCUT2D eigenvalue weighted by Gasteiger charge is 2.25. The van der Waals surface area contributed by atoms with Crippen LogP contribution in [0.1, 0.15) is 51.7 Å². The van der Waals surface area contributed by atoms with Gasteiger partial charge in [-0.2, -0.15) is 0 Å². The number of benzene rings is 1. The third-order valence-corrected chi connectivity index (χ3v) is 6.45. The van der Waals surface area contributed by atoms with Crippen LogP contribution in [-0.4, -0.2) is 37.6 Å². The molecule has 1 aliphatic carbocycles. The number of nitrogens with zero attached hydrogens (tertiary/aromatic N) is 1. The minimum atomic E-state index is -0.223. The molecule has 0 radical (unpaired) electrons. The van der Waals surface area contributed by atoms with Crippen LogP contribution < -0.4 is 0 Å². The van der Waals surface area contributed by atoms with Crippen molar-refractivity contribution in [3.05, 3.63) is 62.3 Å². The molecular formula is C22H25NO2S. The second-order valence-corrected chi connectivity index (χ2v) is 8.07. The van der Waals surface area contributed by atoms with Crippen molar-refractivity contribution in [3.8, 4) is 0 Å². The standard InChI is InChI=1S/C22H25NO2S/c1-3-25-22(24)18-7-5-15-4-6-17-10-13-26-21(17)20(19(15)14-18)16-8-11-23(2)12-9-16/h5,7,10,13-14H,3-4,6,8-9,11-12H2,1-2H3. The maximum absolute atomic E-state index is 12.3. The van der Waals surface area contributed by atoms with Gasteiger partial charge in [-0.15, -0.1) is 11.3 Å². The van der Waals surface area contributed by atoms with E-state index in [9.17, 15) is 4.79 Å². The fraction of sp³-hybridized carbons (Fsp3) is 0.409. The fourth-order valence-corrected chi connectivity index (χ4v) is 5.06. The summed E-state index contributed by atoms with van der Waals surface area (Å²) in [5.74, 6) is -0.223. The lowest BCUT2D eigenvalue weighted by molar-refractivity contribution is 0.0526. The molecular weight excluding hydrogens is 342 g/mol. The molecule has 4 heteroatoms. The largest absolute Gasteiger partial charge is 0.462 e. The highest BCUT2D eigenvalue weighted by Crippen LogP contribution is 2.41. The number of likely N-dealkylation sites (tertiary alicyclic amines) is 1. The molecule has 2 aromatic rings. The van der Waals surface area contributed by atoms with Crippen LogP contribution in [-0.2, 0) is 17.6 Å². The molecule has 1 aliphatic heterocycles. The van der Waals surface area contributed by atoms with E-state index in [0.29, 0.717) is 12.2 Å². The van der Waals surface area contributed by atoms with Crippen molar-refractivity contribution < 1.29 is 9.53 Å². The normalized spacial score (nSPS) is 17.5. The number of piperidine rings is 1. The molecule has 4 rings (SSSR count). The molecule has 0 saturated carbocycles. The molecule has 2 heterocycles. The molecule has 0 spiro atoms. The number of ether oxygens (including phenoxy) is 1. The Hall–Kier alpha value is -1.91. The van der Waals surface area contributed by atoms with Crippen LogP contribution >= 0.6 is 11.3 Å². The van der Waals surface area contributed by atoms with E-state index < -0.39 is 0 Å². The molecule has 2 aliphatic rings. The maximum atomic E-state index is 12.3. The minimum Gasteiger partial charge on any atom is -0.462 e. The summed E-state index contributed by atoms with van der Waals surface area (Å²) in [4.78, 5) is 16.1. The van der Waals surface area contributed by atoms with Crippen LogP contribution in [0.4, 0.5) is 0 Å². The molecule has 0 unspecified atom stereocenters. The van der Waals surface area contributed by atoms with Crippen molar-refractivity contribution in [1.29, 1.82) is 0 Å². The highest BCUT2D eigenvalue weighted by atomic mass is 32.1. The van der Waals surface area contributed by atoms with Crippen molar-refractivity contribution >= 4 is 22.9 Å². The van der Waals surface area contributed by atoms with Gasteiger partial charge in [0.25, 0.3) is 0 Å². The summed E-state index contributed by atoms with van der Waals surface area (Å²) in [6.07, 6.45) is 4.30. The number of hydrogen-bond donors (Lipinski definition) is 0. The van der Waals surface area contributed by atoms with Gasteiger partial charge in [-0.3, -0.25) is 0 Å². The molecule has 0 bridgehead atoms. The fourth-order valence-electron chi connectivity index (χ4n) is 4.00. The molecule has 1 aromatic heterocycles. The van der Waals surface area contributed by atoms with Crippen molar-refractivity contribution in [3.63, 3.8) is 0 Å². The smallest absolute Gasteiger partial charge is 0.338 e. The Morgan fingerprint density at radius 1 is 1.12 bits per heavy atom. The maximum Gasteiger partial charge on any atom is 0.338 e. The molecule has 26 heavy (non-hydrogen) atoms. The van der Waals surface area contributed by atoms with Crippen LogP contribution in [0.25, 0.3) is 5.57 Å². The van der Waals surface area contributed by atoms with E-state index in [0.717, 1.165) is 38.8 Å². The van der Waals surface area contributed by atoms with Crippen LogP contribution in [0.15, 0.2) is 35.2 Å². The Bertz CT molecular complexity index is 855. The summed E-state index contributed by atoms with van der Waals surface area (Å²) in [5, 5.41) is 2.21. The van der Waals surface area contributed by atoms with Gasteiger partial charge in [-0.1, -0.05) is 11.6 Å². The third-order valence-electron chi connectivity index (χ3n) is 5.47. The summed E-state index contributed by atoms with van der Waals surface area (Å²) in [7, 11) is 2.19. The van der Waals surface area contributed by atoms with Gasteiger partial charge in [0.2, 0.25) is 0 Å². The Morgan fingerprint density at radius 3 is 2.65 bits per heavy atom. The van der Waals surface area contributed by atoms with Crippen molar-refractivity contribution in [2.45, 2.75) is 32.6 Å². The summed E-state index contributed by atoms with van der Waals surface area (Å²) in [6, 6.07) is 8.40. The average molecular weight is 368 g/mol. The molecule has 1 saturated heterocycles. The number of hydrogen-bond acceptors (Lipinski definition) is 4. The van der Waals surface area contributed by atoms with Gasteiger partial charge >= 0.3 is 5.97 Å². The zero-order valence-corrected chi connectivity index (χ0v) is 16.3. The molecule has 3 nitrogen and oxygen atoms in total. The predicted molar refractivity (Wildman–Crippen MR) is 107 cm³/mol. The number of aryl methyl sites for hydroxylation is 2. The van der Waals surface area contributed by atoms with Crippen molar-refractivity contribution in [1.82, 2.24) is 4.90 Å². The summed E-state index contributed by atoms with van der Waals surface area (Å²) >= 11 is 1.84. The van der Waals surface area contributed by atoms with Crippen LogP contribution in [0, 0.1) is 0 Å². The first kappa shape index (κ1) is 17.5. The molecule has 1 fully saturated rings. The van der Waals surface area contributed by atoms with Crippen LogP contribution in [0.5, 0.6) is 0 Å². The monoisotopic (exact) mass is 367 g/mol. The molecule has 0 atom stereocenters. The van der Waals surface area contributed by atoms with E-state index in [1.807, 2.05) is 24.3 Å². The lowest BCUT2D eigenvalue weighted by Crippen LogP contribution is -2.27. The van der Waals surface area contributed by atoms with Gasteiger partial charge < -0.3 is 9.64 Å². The summed E-state index contributed by atoms with van der Waals surface area (Å²) < 4.78 is 5.24. The number of fused-ring (bicyclic) bond motifs is 2. The zero-order chi connectivity index (χ0) is 18.1. The number of carbonyl (C=O) groups is 1. The summed E-state index contributed by atoms with van der Waals surface area (Å²) in [6.45, 7) is 4.47. The minimum absolute atomic E-state index is 0.223. The number of rotatable bonds is 2. The van der Waals surface area contributed by atoms with Crippen LogP contribution in [0.2, 0.25) is 0 Å². The van der Waals surface area contributed by atoms with Gasteiger partial charge in [0, 0.05) is 18.0 Å². The quantitative estimate of drug-likeness (QED) is 0.729. The van der Waals surface area contributed by atoms with Gasteiger partial charge in [-0.05, 0) is 85.5 Å². The molecule has 136 valence electrons. The highest BCUT2D eigenvalue weighted by molar-refractivity contribution is 7.11. The number of esters is 1. The van der Waals surface area contributed by atoms with Gasteiger partial charge in [-0.25, -0.2) is 4.79 Å². The van der Waals surface area contributed by atoms with Crippen LogP contribution in [0.3, 0.4) is 0 Å². The van der Waals surface area contributed by atoms with E-state index >= 15 is 0 Å². The average Bonchev–Trinajstić information content (AvgIpc) is 3.05. The van der Waals surface area contributed by atoms with E-state index in [2.05, 4.69) is 35.5 Å². The lowest BCUT2D eigenvalue weighted by Gasteiger charge is -2.27. The second-order valence-electron chi connectivity index (χ2n) is 7.15. The molecule has 0 N–H and O–H groups in total. The second kappa shape index (κ2) is 7.37. The van der Waals surface area contributed by atoms with E-state index in [4.69, 9.17) is 4.74 Å². The van der Waals surface area contributed by atoms with E-state index in [1.165, 1.54) is 32.7 Å². The van der Waals surface area contributed by atoms with Crippen molar-refractivity contribution in [2.75, 3.05) is 26.7 Å². The van der Waals surface area contributed by atoms with E-state index in [-0.39, 0.29) is 5.97 Å². The first-order valence-corrected chi connectivity index (χ1v) is 10.3. The Labute approximate surface area is 159 Å². The Kier molecular flexibility index (Phi) is 4.96.